The molecule has 1 amide bonds. The summed E-state index contributed by atoms with van der Waals surface area (Å²) in [4.78, 5) is 15.0. The minimum Gasteiger partial charge on any atom is -0.490 e. The molecule has 2 aliphatic rings. The van der Waals surface area contributed by atoms with E-state index in [0.29, 0.717) is 43.2 Å². The second kappa shape index (κ2) is 10.1. The van der Waals surface area contributed by atoms with E-state index in [1.807, 2.05) is 20.3 Å². The summed E-state index contributed by atoms with van der Waals surface area (Å²) in [6.07, 6.45) is 5.13. The highest BCUT2D eigenvalue weighted by Gasteiger charge is 2.33. The van der Waals surface area contributed by atoms with Gasteiger partial charge in [-0.1, -0.05) is 0 Å². The van der Waals surface area contributed by atoms with Gasteiger partial charge < -0.3 is 19.7 Å². The number of sulfonamides is 1. The van der Waals surface area contributed by atoms with E-state index in [4.69, 9.17) is 9.47 Å². The molecular weight excluding hydrogens is 446 g/mol. The molecule has 33 heavy (non-hydrogen) atoms. The van der Waals surface area contributed by atoms with Crippen molar-refractivity contribution in [1.29, 1.82) is 0 Å². The maximum Gasteiger partial charge on any atom is 0.243 e. The Morgan fingerprint density at radius 1 is 1.18 bits per heavy atom. The number of likely N-dealkylation sites (N-methyl/N-ethyl adjacent to an activating group) is 1. The minimum atomic E-state index is -3.68. The van der Waals surface area contributed by atoms with Crippen molar-refractivity contribution < 1.29 is 22.7 Å². The van der Waals surface area contributed by atoms with E-state index in [1.165, 1.54) is 10.4 Å². The van der Waals surface area contributed by atoms with Gasteiger partial charge in [-0.2, -0.15) is 9.40 Å². The Kier molecular flexibility index (Phi) is 7.20. The van der Waals surface area contributed by atoms with Crippen LogP contribution in [0.4, 0.5) is 5.69 Å². The van der Waals surface area contributed by atoms with Gasteiger partial charge in [0.2, 0.25) is 15.9 Å². The molecule has 1 aromatic heterocycles. The molecule has 0 spiro atoms. The van der Waals surface area contributed by atoms with E-state index in [9.17, 15) is 13.2 Å². The first-order valence-corrected chi connectivity index (χ1v) is 12.6. The molecule has 1 fully saturated rings. The molecule has 0 saturated carbocycles. The Hall–Kier alpha value is -2.63. The molecule has 0 bridgehead atoms. The van der Waals surface area contributed by atoms with Crippen LogP contribution >= 0.6 is 0 Å². The normalized spacial score (nSPS) is 17.7. The molecule has 3 heterocycles. The Morgan fingerprint density at radius 3 is 2.64 bits per heavy atom. The second-order valence-electron chi connectivity index (χ2n) is 8.62. The van der Waals surface area contributed by atoms with Gasteiger partial charge in [-0.25, -0.2) is 8.42 Å². The molecule has 0 aliphatic carbocycles. The number of amides is 1. The molecule has 1 N–H and O–H groups in total. The number of nitrogens with one attached hydrogen (secondary N) is 1. The summed E-state index contributed by atoms with van der Waals surface area (Å²) in [7, 11) is 0.311. The maximum atomic E-state index is 13.2. The smallest absolute Gasteiger partial charge is 0.243 e. The maximum absolute atomic E-state index is 13.2. The van der Waals surface area contributed by atoms with E-state index in [0.717, 1.165) is 19.5 Å². The number of hydrogen-bond acceptors (Lipinski definition) is 7. The number of carbonyl (C=O) groups excluding carboxylic acids is 1. The Balaban J connectivity index is 1.33. The van der Waals surface area contributed by atoms with E-state index in [2.05, 4.69) is 15.3 Å². The largest absolute Gasteiger partial charge is 0.490 e. The SMILES string of the molecule is CN(C)CCn1cc(NC(=O)C2CCN(S(=O)(=O)c3ccc4c(c3)OCCCO4)CC2)cn1. The molecule has 0 atom stereocenters. The molecular formula is C22H31N5O5S. The molecule has 11 heteroatoms. The van der Waals surface area contributed by atoms with Crippen LogP contribution in [0.2, 0.25) is 0 Å². The molecule has 1 aromatic carbocycles. The van der Waals surface area contributed by atoms with Crippen LogP contribution < -0.4 is 14.8 Å². The van der Waals surface area contributed by atoms with Gasteiger partial charge >= 0.3 is 0 Å². The lowest BCUT2D eigenvalue weighted by atomic mass is 9.97. The van der Waals surface area contributed by atoms with Gasteiger partial charge in [-0.3, -0.25) is 9.48 Å². The summed E-state index contributed by atoms with van der Waals surface area (Å²) < 4.78 is 40.8. The van der Waals surface area contributed by atoms with Crippen molar-refractivity contribution in [2.75, 3.05) is 52.3 Å². The average Bonchev–Trinajstić information content (AvgIpc) is 3.11. The number of rotatable bonds is 7. The second-order valence-corrected chi connectivity index (χ2v) is 10.6. The van der Waals surface area contributed by atoms with E-state index >= 15 is 0 Å². The highest BCUT2D eigenvalue weighted by atomic mass is 32.2. The van der Waals surface area contributed by atoms with Crippen LogP contribution in [0.3, 0.4) is 0 Å². The fraction of sp³-hybridized carbons (Fsp3) is 0.545. The Morgan fingerprint density at radius 2 is 1.91 bits per heavy atom. The fourth-order valence-corrected chi connectivity index (χ4v) is 5.39. The lowest BCUT2D eigenvalue weighted by molar-refractivity contribution is -0.120. The summed E-state index contributed by atoms with van der Waals surface area (Å²) in [5.74, 6) is 0.668. The molecule has 2 aromatic rings. The highest BCUT2D eigenvalue weighted by Crippen LogP contribution is 2.34. The number of anilines is 1. The Bertz CT molecular complexity index is 1080. The van der Waals surface area contributed by atoms with E-state index in [1.54, 1.807) is 23.0 Å². The predicted octanol–water partition coefficient (Wildman–Crippen LogP) is 1.65. The van der Waals surface area contributed by atoms with Crippen molar-refractivity contribution in [3.8, 4) is 11.5 Å². The zero-order chi connectivity index (χ0) is 23.4. The van der Waals surface area contributed by atoms with Crippen LogP contribution in [0.15, 0.2) is 35.5 Å². The number of carbonyl (C=O) groups is 1. The number of benzene rings is 1. The predicted molar refractivity (Wildman–Crippen MR) is 123 cm³/mol. The van der Waals surface area contributed by atoms with Gasteiger partial charge in [-0.05, 0) is 39.1 Å². The summed E-state index contributed by atoms with van der Waals surface area (Å²) in [5, 5.41) is 7.18. The summed E-state index contributed by atoms with van der Waals surface area (Å²) in [6.45, 7) is 3.20. The number of aromatic nitrogens is 2. The third kappa shape index (κ3) is 5.66. The van der Waals surface area contributed by atoms with Gasteiger partial charge in [-0.15, -0.1) is 0 Å². The average molecular weight is 478 g/mol. The lowest BCUT2D eigenvalue weighted by Crippen LogP contribution is -2.41. The van der Waals surface area contributed by atoms with E-state index in [-0.39, 0.29) is 29.8 Å². The molecule has 2 aliphatic heterocycles. The van der Waals surface area contributed by atoms with Gasteiger partial charge in [0.25, 0.3) is 0 Å². The summed E-state index contributed by atoms with van der Waals surface area (Å²) in [5.41, 5.74) is 0.654. The van der Waals surface area contributed by atoms with Crippen LogP contribution in [-0.4, -0.2) is 80.3 Å². The van der Waals surface area contributed by atoms with Crippen molar-refractivity contribution in [1.82, 2.24) is 19.0 Å². The number of piperidine rings is 1. The first-order chi connectivity index (χ1) is 15.8. The first-order valence-electron chi connectivity index (χ1n) is 11.2. The zero-order valence-corrected chi connectivity index (χ0v) is 19.9. The van der Waals surface area contributed by atoms with Crippen LogP contribution in [0.5, 0.6) is 11.5 Å². The first kappa shape index (κ1) is 23.5. The molecule has 180 valence electrons. The number of ether oxygens (including phenoxy) is 2. The van der Waals surface area contributed by atoms with Crippen molar-refractivity contribution in [3.05, 3.63) is 30.6 Å². The number of nitrogens with zero attached hydrogens (tertiary/aromatic N) is 4. The quantitative estimate of drug-likeness (QED) is 0.646. The van der Waals surface area contributed by atoms with Crippen molar-refractivity contribution in [2.45, 2.75) is 30.7 Å². The Labute approximate surface area is 194 Å². The van der Waals surface area contributed by atoms with E-state index < -0.39 is 10.0 Å². The van der Waals surface area contributed by atoms with Crippen molar-refractivity contribution in [3.63, 3.8) is 0 Å². The fourth-order valence-electron chi connectivity index (χ4n) is 3.91. The van der Waals surface area contributed by atoms with Gasteiger partial charge in [0.15, 0.2) is 11.5 Å². The minimum absolute atomic E-state index is 0.102. The molecule has 1 saturated heterocycles. The van der Waals surface area contributed by atoms with Crippen LogP contribution in [0.1, 0.15) is 19.3 Å². The third-order valence-corrected chi connectivity index (χ3v) is 7.75. The highest BCUT2D eigenvalue weighted by molar-refractivity contribution is 7.89. The van der Waals surface area contributed by atoms with Gasteiger partial charge in [0.1, 0.15) is 0 Å². The standard InChI is InChI=1S/C22H31N5O5S/c1-25(2)10-11-26-16-18(15-23-26)24-22(28)17-6-8-27(9-7-17)33(29,30)19-4-5-20-21(14-19)32-13-3-12-31-20/h4-5,14-17H,3,6-13H2,1-2H3,(H,24,28). The van der Waals surface area contributed by atoms with Crippen molar-refractivity contribution >= 4 is 21.6 Å². The van der Waals surface area contributed by atoms with Crippen LogP contribution in [0.25, 0.3) is 0 Å². The zero-order valence-electron chi connectivity index (χ0n) is 19.1. The lowest BCUT2D eigenvalue weighted by Gasteiger charge is -2.30. The molecule has 4 rings (SSSR count). The van der Waals surface area contributed by atoms with Crippen molar-refractivity contribution in [2.24, 2.45) is 5.92 Å². The van der Waals surface area contributed by atoms with Gasteiger partial charge in [0.05, 0.1) is 36.5 Å². The molecule has 10 nitrogen and oxygen atoms in total. The summed E-state index contributed by atoms with van der Waals surface area (Å²) >= 11 is 0. The van der Waals surface area contributed by atoms with Gasteiger partial charge in [0, 0.05) is 44.2 Å². The monoisotopic (exact) mass is 477 g/mol. The summed E-state index contributed by atoms with van der Waals surface area (Å²) in [6, 6.07) is 4.73. The van der Waals surface area contributed by atoms with Crippen LogP contribution in [0, 0.1) is 5.92 Å². The third-order valence-electron chi connectivity index (χ3n) is 5.86. The number of fused-ring (bicyclic) bond motifs is 1. The molecule has 0 radical (unpaired) electrons. The van der Waals surface area contributed by atoms with Crippen LogP contribution in [-0.2, 0) is 21.4 Å². The topological polar surface area (TPSA) is 106 Å². The number of hydrogen-bond donors (Lipinski definition) is 1. The molecule has 0 unspecified atom stereocenters.